The summed E-state index contributed by atoms with van der Waals surface area (Å²) in [5.74, 6) is -1.92. The summed E-state index contributed by atoms with van der Waals surface area (Å²) in [5.41, 5.74) is 1.27. The van der Waals surface area contributed by atoms with E-state index in [2.05, 4.69) is 0 Å². The largest absolute Gasteiger partial charge is 0.207 e. The van der Waals surface area contributed by atoms with Crippen molar-refractivity contribution in [2.24, 2.45) is 0 Å². The van der Waals surface area contributed by atoms with E-state index in [1.165, 1.54) is 25.1 Å². The molecule has 0 spiro atoms. The molecule has 0 saturated carbocycles. The van der Waals surface area contributed by atoms with E-state index >= 15 is 0 Å². The van der Waals surface area contributed by atoms with Crippen LogP contribution >= 0.6 is 11.6 Å². The highest BCUT2D eigenvalue weighted by Gasteiger charge is 2.20. The van der Waals surface area contributed by atoms with Crippen molar-refractivity contribution in [1.29, 1.82) is 0 Å². The van der Waals surface area contributed by atoms with E-state index in [1.807, 2.05) is 0 Å². The highest BCUT2D eigenvalue weighted by Crippen LogP contribution is 2.33. The van der Waals surface area contributed by atoms with Crippen molar-refractivity contribution in [3.05, 3.63) is 70.0 Å². The quantitative estimate of drug-likeness (QED) is 0.677. The number of benzene rings is 2. The summed E-state index contributed by atoms with van der Waals surface area (Å²) >= 11 is 6.12. The van der Waals surface area contributed by atoms with Crippen LogP contribution in [0.25, 0.3) is 0 Å². The van der Waals surface area contributed by atoms with Crippen molar-refractivity contribution >= 4 is 11.6 Å². The molecule has 0 aliphatic heterocycles. The maximum atomic E-state index is 13.8. The minimum absolute atomic E-state index is 0.0725. The van der Waals surface area contributed by atoms with E-state index < -0.39 is 22.8 Å². The summed E-state index contributed by atoms with van der Waals surface area (Å²) in [5, 5.41) is -0.986. The third kappa shape index (κ3) is 2.76. The van der Waals surface area contributed by atoms with Gasteiger partial charge in [-0.15, -0.1) is 11.6 Å². The molecule has 4 heteroatoms. The van der Waals surface area contributed by atoms with E-state index in [-0.39, 0.29) is 16.7 Å². The number of hydrogen-bond acceptors (Lipinski definition) is 0. The summed E-state index contributed by atoms with van der Waals surface area (Å²) in [4.78, 5) is 0. The Kier molecular flexibility index (Phi) is 3.85. The molecule has 2 aromatic rings. The first-order valence-electron chi connectivity index (χ1n) is 5.76. The number of hydrogen-bond donors (Lipinski definition) is 0. The first kappa shape index (κ1) is 13.9. The molecule has 1 atom stereocenters. The molecule has 0 bridgehead atoms. The summed E-state index contributed by atoms with van der Waals surface area (Å²) < 4.78 is 40.7. The van der Waals surface area contributed by atoms with Gasteiger partial charge in [-0.2, -0.15) is 0 Å². The summed E-state index contributed by atoms with van der Waals surface area (Å²) in [7, 11) is 0. The van der Waals surface area contributed by atoms with Gasteiger partial charge < -0.3 is 0 Å². The predicted octanol–water partition coefficient (Wildman–Crippen LogP) is 5.05. The van der Waals surface area contributed by atoms with Gasteiger partial charge in [0.15, 0.2) is 0 Å². The van der Waals surface area contributed by atoms with Gasteiger partial charge in [0.1, 0.15) is 17.5 Å². The third-order valence-corrected chi connectivity index (χ3v) is 3.45. The standard InChI is InChI=1S/C15H12ClF3/c1-8-3-4-10(13(18)5-8)15(16)11-6-9(2)12(17)7-14(11)19/h3-7,15H,1-2H3. The fourth-order valence-corrected chi connectivity index (χ4v) is 2.22. The van der Waals surface area contributed by atoms with Crippen LogP contribution in [0.4, 0.5) is 13.2 Å². The molecule has 0 fully saturated rings. The Morgan fingerprint density at radius 1 is 0.842 bits per heavy atom. The van der Waals surface area contributed by atoms with Gasteiger partial charge >= 0.3 is 0 Å². The highest BCUT2D eigenvalue weighted by atomic mass is 35.5. The van der Waals surface area contributed by atoms with Crippen LogP contribution < -0.4 is 0 Å². The summed E-state index contributed by atoms with van der Waals surface area (Å²) in [6.45, 7) is 3.26. The van der Waals surface area contributed by atoms with Crippen LogP contribution in [0.1, 0.15) is 27.6 Å². The van der Waals surface area contributed by atoms with Crippen LogP contribution in [-0.2, 0) is 0 Å². The molecule has 0 heterocycles. The van der Waals surface area contributed by atoms with Crippen molar-refractivity contribution in [1.82, 2.24) is 0 Å². The minimum atomic E-state index is -0.986. The number of rotatable bonds is 2. The third-order valence-electron chi connectivity index (χ3n) is 2.98. The van der Waals surface area contributed by atoms with Crippen LogP contribution in [0.5, 0.6) is 0 Å². The lowest BCUT2D eigenvalue weighted by molar-refractivity contribution is 0.565. The maximum Gasteiger partial charge on any atom is 0.131 e. The van der Waals surface area contributed by atoms with E-state index in [0.717, 1.165) is 11.6 Å². The Bertz CT molecular complexity index is 623. The molecule has 0 N–H and O–H groups in total. The molecule has 2 rings (SSSR count). The number of alkyl halides is 1. The minimum Gasteiger partial charge on any atom is -0.207 e. The van der Waals surface area contributed by atoms with E-state index in [1.54, 1.807) is 13.0 Å². The number of halogens is 4. The molecule has 0 radical (unpaired) electrons. The van der Waals surface area contributed by atoms with Crippen LogP contribution in [0, 0.1) is 31.3 Å². The van der Waals surface area contributed by atoms with Gasteiger partial charge in [0.2, 0.25) is 0 Å². The van der Waals surface area contributed by atoms with Crippen LogP contribution in [0.3, 0.4) is 0 Å². The Morgan fingerprint density at radius 3 is 2.11 bits per heavy atom. The molecular weight excluding hydrogens is 273 g/mol. The summed E-state index contributed by atoms with van der Waals surface area (Å²) in [6.07, 6.45) is 0. The SMILES string of the molecule is Cc1ccc(C(Cl)c2cc(C)c(F)cc2F)c(F)c1. The van der Waals surface area contributed by atoms with Crippen molar-refractivity contribution in [2.45, 2.75) is 19.2 Å². The smallest absolute Gasteiger partial charge is 0.131 e. The molecule has 0 aromatic heterocycles. The summed E-state index contributed by atoms with van der Waals surface area (Å²) in [6, 6.07) is 6.62. The monoisotopic (exact) mass is 284 g/mol. The zero-order valence-electron chi connectivity index (χ0n) is 10.5. The van der Waals surface area contributed by atoms with Crippen molar-refractivity contribution in [3.8, 4) is 0 Å². The second-order valence-corrected chi connectivity index (χ2v) is 4.95. The molecular formula is C15H12ClF3. The Balaban J connectivity index is 2.49. The van der Waals surface area contributed by atoms with Crippen molar-refractivity contribution < 1.29 is 13.2 Å². The van der Waals surface area contributed by atoms with Gasteiger partial charge in [0, 0.05) is 17.2 Å². The van der Waals surface area contributed by atoms with E-state index in [9.17, 15) is 13.2 Å². The van der Waals surface area contributed by atoms with Crippen LogP contribution in [-0.4, -0.2) is 0 Å². The molecule has 0 saturated heterocycles. The topological polar surface area (TPSA) is 0 Å². The molecule has 0 aliphatic carbocycles. The molecule has 0 aliphatic rings. The maximum absolute atomic E-state index is 13.8. The normalized spacial score (nSPS) is 12.5. The zero-order chi connectivity index (χ0) is 14.2. The van der Waals surface area contributed by atoms with E-state index in [0.29, 0.717) is 0 Å². The van der Waals surface area contributed by atoms with Gasteiger partial charge in [-0.1, -0.05) is 12.1 Å². The molecule has 0 amide bonds. The molecule has 100 valence electrons. The van der Waals surface area contributed by atoms with Gasteiger partial charge in [-0.3, -0.25) is 0 Å². The van der Waals surface area contributed by atoms with Gasteiger partial charge in [0.25, 0.3) is 0 Å². The lowest BCUT2D eigenvalue weighted by Crippen LogP contribution is -2.02. The van der Waals surface area contributed by atoms with Gasteiger partial charge in [-0.05, 0) is 37.1 Å². The van der Waals surface area contributed by atoms with Crippen molar-refractivity contribution in [2.75, 3.05) is 0 Å². The van der Waals surface area contributed by atoms with Gasteiger partial charge in [-0.25, -0.2) is 13.2 Å². The predicted molar refractivity (Wildman–Crippen MR) is 69.9 cm³/mol. The Labute approximate surface area is 114 Å². The fraction of sp³-hybridized carbons (Fsp3) is 0.200. The lowest BCUT2D eigenvalue weighted by atomic mass is 10.0. The first-order chi connectivity index (χ1) is 8.90. The molecule has 2 aromatic carbocycles. The lowest BCUT2D eigenvalue weighted by Gasteiger charge is -2.14. The van der Waals surface area contributed by atoms with Gasteiger partial charge in [0.05, 0.1) is 5.38 Å². The highest BCUT2D eigenvalue weighted by molar-refractivity contribution is 6.22. The Hall–Kier alpha value is -1.48. The van der Waals surface area contributed by atoms with Crippen LogP contribution in [0.2, 0.25) is 0 Å². The average Bonchev–Trinajstić information content (AvgIpc) is 2.33. The van der Waals surface area contributed by atoms with Crippen LogP contribution in [0.15, 0.2) is 30.3 Å². The molecule has 19 heavy (non-hydrogen) atoms. The first-order valence-corrected chi connectivity index (χ1v) is 6.19. The fourth-order valence-electron chi connectivity index (χ4n) is 1.88. The average molecular weight is 285 g/mol. The second-order valence-electron chi connectivity index (χ2n) is 4.51. The number of aryl methyl sites for hydroxylation is 2. The molecule has 0 nitrogen and oxygen atoms in total. The van der Waals surface area contributed by atoms with E-state index in [4.69, 9.17) is 11.6 Å². The molecule has 1 unspecified atom stereocenters. The second kappa shape index (κ2) is 5.25. The van der Waals surface area contributed by atoms with Crippen molar-refractivity contribution in [3.63, 3.8) is 0 Å². The zero-order valence-corrected chi connectivity index (χ0v) is 11.2. The Morgan fingerprint density at radius 2 is 1.47 bits per heavy atom.